The van der Waals surface area contributed by atoms with Gasteiger partial charge in [-0.1, -0.05) is 32.0 Å². The van der Waals surface area contributed by atoms with Crippen LogP contribution in [0.3, 0.4) is 0 Å². The van der Waals surface area contributed by atoms with E-state index >= 15 is 0 Å². The maximum Gasteiger partial charge on any atom is 0.229 e. The summed E-state index contributed by atoms with van der Waals surface area (Å²) in [5, 5.41) is 3.14. The molecule has 1 aromatic heterocycles. The van der Waals surface area contributed by atoms with Crippen LogP contribution in [0.25, 0.3) is 11.0 Å². The van der Waals surface area contributed by atoms with E-state index in [4.69, 9.17) is 4.98 Å². The molecule has 1 aliphatic heterocycles. The number of hydrogen-bond acceptors (Lipinski definition) is 3. The van der Waals surface area contributed by atoms with Gasteiger partial charge in [0.05, 0.1) is 17.0 Å². The molecule has 0 radical (unpaired) electrons. The van der Waals surface area contributed by atoms with Crippen LogP contribution in [0.1, 0.15) is 44.2 Å². The first-order valence-corrected chi connectivity index (χ1v) is 11.5. The van der Waals surface area contributed by atoms with E-state index in [1.54, 1.807) is 0 Å². The van der Waals surface area contributed by atoms with Crippen LogP contribution in [0.15, 0.2) is 42.5 Å². The summed E-state index contributed by atoms with van der Waals surface area (Å²) in [5.74, 6) is 1.71. The van der Waals surface area contributed by atoms with Gasteiger partial charge in [-0.15, -0.1) is 0 Å². The topological polar surface area (TPSA) is 50.2 Å². The van der Waals surface area contributed by atoms with Gasteiger partial charge in [0.2, 0.25) is 11.9 Å². The quantitative estimate of drug-likeness (QED) is 0.571. The van der Waals surface area contributed by atoms with Crippen molar-refractivity contribution < 1.29 is 4.79 Å². The van der Waals surface area contributed by atoms with E-state index in [-0.39, 0.29) is 11.8 Å². The Kier molecular flexibility index (Phi) is 6.30. The summed E-state index contributed by atoms with van der Waals surface area (Å²) in [7, 11) is 0. The third-order valence-corrected chi connectivity index (χ3v) is 6.41. The van der Waals surface area contributed by atoms with Crippen molar-refractivity contribution in [3.63, 3.8) is 0 Å². The van der Waals surface area contributed by atoms with Gasteiger partial charge in [-0.3, -0.25) is 4.79 Å². The number of benzene rings is 2. The number of rotatable bonds is 6. The molecule has 164 valence electrons. The van der Waals surface area contributed by atoms with Gasteiger partial charge in [-0.25, -0.2) is 4.98 Å². The Balaban J connectivity index is 1.54. The fraction of sp³-hybridized carbons (Fsp3) is 0.462. The van der Waals surface area contributed by atoms with E-state index in [9.17, 15) is 4.79 Å². The Morgan fingerprint density at radius 3 is 2.74 bits per heavy atom. The second-order valence-corrected chi connectivity index (χ2v) is 9.31. The fourth-order valence-electron chi connectivity index (χ4n) is 4.35. The number of para-hydroxylation sites is 2. The number of imidazole rings is 1. The highest BCUT2D eigenvalue weighted by Gasteiger charge is 2.29. The van der Waals surface area contributed by atoms with Gasteiger partial charge in [0.25, 0.3) is 0 Å². The lowest BCUT2D eigenvalue weighted by Gasteiger charge is -2.33. The summed E-state index contributed by atoms with van der Waals surface area (Å²) in [5.41, 5.74) is 5.53. The highest BCUT2D eigenvalue weighted by molar-refractivity contribution is 5.93. The number of piperidine rings is 1. The first kappa shape index (κ1) is 21.4. The van der Waals surface area contributed by atoms with Gasteiger partial charge >= 0.3 is 0 Å². The molecule has 1 amide bonds. The second-order valence-electron chi connectivity index (χ2n) is 9.31. The number of carbonyl (C=O) groups is 1. The highest BCUT2D eigenvalue weighted by Crippen LogP contribution is 2.28. The van der Waals surface area contributed by atoms with Crippen LogP contribution in [-0.4, -0.2) is 28.5 Å². The van der Waals surface area contributed by atoms with Crippen molar-refractivity contribution in [1.29, 1.82) is 0 Å². The smallest absolute Gasteiger partial charge is 0.229 e. The van der Waals surface area contributed by atoms with Crippen LogP contribution in [0.5, 0.6) is 0 Å². The number of hydrogen-bond donors (Lipinski definition) is 1. The van der Waals surface area contributed by atoms with Gasteiger partial charge in [0.1, 0.15) is 0 Å². The number of fused-ring (bicyclic) bond motifs is 1. The molecule has 1 aliphatic rings. The number of nitrogens with zero attached hydrogens (tertiary/aromatic N) is 3. The molecule has 5 nitrogen and oxygen atoms in total. The molecule has 3 aromatic rings. The SMILES string of the molecule is Cc1ccc(NC(=O)[C@@H]2CCCN(c3nc4ccccc4n3CCC(C)C)C2)cc1C. The van der Waals surface area contributed by atoms with Crippen molar-refractivity contribution in [3.8, 4) is 0 Å². The Morgan fingerprint density at radius 1 is 1.16 bits per heavy atom. The standard InChI is InChI=1S/C26H34N4O/c1-18(2)13-15-30-24-10-6-5-9-23(24)28-26(30)29-14-7-8-21(17-29)25(31)27-22-12-11-19(3)20(4)16-22/h5-6,9-12,16,18,21H,7-8,13-15,17H2,1-4H3,(H,27,31)/t21-/m1/s1. The van der Waals surface area contributed by atoms with Crippen molar-refractivity contribution in [2.75, 3.05) is 23.3 Å². The van der Waals surface area contributed by atoms with Gasteiger partial charge < -0.3 is 14.8 Å². The summed E-state index contributed by atoms with van der Waals surface area (Å²) in [6.45, 7) is 11.3. The maximum absolute atomic E-state index is 13.0. The summed E-state index contributed by atoms with van der Waals surface area (Å²) < 4.78 is 2.35. The van der Waals surface area contributed by atoms with E-state index in [1.807, 2.05) is 12.1 Å². The summed E-state index contributed by atoms with van der Waals surface area (Å²) >= 11 is 0. The minimum atomic E-state index is -0.0336. The first-order valence-electron chi connectivity index (χ1n) is 11.5. The zero-order valence-corrected chi connectivity index (χ0v) is 19.2. The van der Waals surface area contributed by atoms with Crippen molar-refractivity contribution in [2.45, 2.75) is 53.5 Å². The molecule has 31 heavy (non-hydrogen) atoms. The summed E-state index contributed by atoms with van der Waals surface area (Å²) in [6.07, 6.45) is 3.02. The summed E-state index contributed by atoms with van der Waals surface area (Å²) in [4.78, 5) is 20.3. The molecular weight excluding hydrogens is 384 g/mol. The molecular formula is C26H34N4O. The van der Waals surface area contributed by atoms with Gasteiger partial charge in [0.15, 0.2) is 0 Å². The molecule has 0 spiro atoms. The lowest BCUT2D eigenvalue weighted by molar-refractivity contribution is -0.120. The van der Waals surface area contributed by atoms with E-state index in [2.05, 4.69) is 72.8 Å². The first-order chi connectivity index (χ1) is 14.9. The molecule has 0 unspecified atom stereocenters. The molecule has 5 heteroatoms. The summed E-state index contributed by atoms with van der Waals surface area (Å²) in [6, 6.07) is 14.5. The molecule has 2 heterocycles. The lowest BCUT2D eigenvalue weighted by Crippen LogP contribution is -2.42. The zero-order chi connectivity index (χ0) is 22.0. The number of aryl methyl sites for hydroxylation is 3. The zero-order valence-electron chi connectivity index (χ0n) is 19.2. The van der Waals surface area contributed by atoms with Crippen molar-refractivity contribution in [2.24, 2.45) is 11.8 Å². The third-order valence-electron chi connectivity index (χ3n) is 6.41. The molecule has 2 aromatic carbocycles. The Morgan fingerprint density at radius 2 is 1.97 bits per heavy atom. The monoisotopic (exact) mass is 418 g/mol. The molecule has 0 bridgehead atoms. The molecule has 4 rings (SSSR count). The predicted molar refractivity (Wildman–Crippen MR) is 129 cm³/mol. The second kappa shape index (κ2) is 9.13. The number of aromatic nitrogens is 2. The third kappa shape index (κ3) is 4.76. The molecule has 1 fully saturated rings. The largest absolute Gasteiger partial charge is 0.341 e. The Labute approximate surface area is 185 Å². The Bertz CT molecular complexity index is 1070. The average Bonchev–Trinajstić information content (AvgIpc) is 3.13. The van der Waals surface area contributed by atoms with E-state index in [0.717, 1.165) is 49.5 Å². The van der Waals surface area contributed by atoms with Crippen LogP contribution in [0, 0.1) is 25.7 Å². The average molecular weight is 419 g/mol. The molecule has 0 saturated carbocycles. The van der Waals surface area contributed by atoms with Gasteiger partial charge in [-0.05, 0) is 74.4 Å². The van der Waals surface area contributed by atoms with Crippen LogP contribution >= 0.6 is 0 Å². The molecule has 1 saturated heterocycles. The molecule has 1 N–H and O–H groups in total. The Hall–Kier alpha value is -2.82. The van der Waals surface area contributed by atoms with Crippen molar-refractivity contribution in [3.05, 3.63) is 53.6 Å². The van der Waals surface area contributed by atoms with Crippen molar-refractivity contribution in [1.82, 2.24) is 9.55 Å². The number of nitrogens with one attached hydrogen (secondary N) is 1. The maximum atomic E-state index is 13.0. The lowest BCUT2D eigenvalue weighted by atomic mass is 9.97. The number of amides is 1. The number of carbonyl (C=O) groups excluding carboxylic acids is 1. The van der Waals surface area contributed by atoms with Gasteiger partial charge in [0, 0.05) is 25.3 Å². The number of anilines is 2. The normalized spacial score (nSPS) is 16.8. The minimum absolute atomic E-state index is 0.0336. The minimum Gasteiger partial charge on any atom is -0.341 e. The molecule has 0 aliphatic carbocycles. The molecule has 1 atom stereocenters. The van der Waals surface area contributed by atoms with E-state index in [0.29, 0.717) is 12.5 Å². The van der Waals surface area contributed by atoms with E-state index < -0.39 is 0 Å². The highest BCUT2D eigenvalue weighted by atomic mass is 16.1. The fourth-order valence-corrected chi connectivity index (χ4v) is 4.35. The van der Waals surface area contributed by atoms with Crippen LogP contribution in [0.2, 0.25) is 0 Å². The van der Waals surface area contributed by atoms with Crippen LogP contribution < -0.4 is 10.2 Å². The van der Waals surface area contributed by atoms with E-state index in [1.165, 1.54) is 16.6 Å². The van der Waals surface area contributed by atoms with Crippen LogP contribution in [-0.2, 0) is 11.3 Å². The predicted octanol–water partition coefficient (Wildman–Crippen LogP) is 5.55. The van der Waals surface area contributed by atoms with Gasteiger partial charge in [-0.2, -0.15) is 0 Å². The van der Waals surface area contributed by atoms with Crippen LogP contribution in [0.4, 0.5) is 11.6 Å². The van der Waals surface area contributed by atoms with Crippen molar-refractivity contribution >= 4 is 28.6 Å².